The molecule has 0 amide bonds. The maximum atomic E-state index is 11.6. The summed E-state index contributed by atoms with van der Waals surface area (Å²) in [5.74, 6) is -0.335. The fourth-order valence-corrected chi connectivity index (χ4v) is 2.43. The Hall–Kier alpha value is -0.870. The second-order valence-corrected chi connectivity index (χ2v) is 5.39. The molecule has 2 N–H and O–H groups in total. The average molecular weight is 284 g/mol. The van der Waals surface area contributed by atoms with Crippen LogP contribution in [0.1, 0.15) is 18.9 Å². The third kappa shape index (κ3) is 1.48. The van der Waals surface area contributed by atoms with Gasteiger partial charge in [0.1, 0.15) is 5.54 Å². The topological polar surface area (TPSA) is 52.3 Å². The number of hydrogen-bond acceptors (Lipinski definition) is 3. The van der Waals surface area contributed by atoms with Crippen molar-refractivity contribution in [3.63, 3.8) is 0 Å². The zero-order chi connectivity index (χ0) is 12.0. The molecule has 3 nitrogen and oxygen atoms in total. The van der Waals surface area contributed by atoms with Crippen molar-refractivity contribution >= 4 is 21.9 Å². The summed E-state index contributed by atoms with van der Waals surface area (Å²) in [6.07, 6.45) is 0.633. The zero-order valence-corrected chi connectivity index (χ0v) is 10.9. The van der Waals surface area contributed by atoms with Crippen LogP contribution in [0.3, 0.4) is 0 Å². The molecule has 0 aliphatic heterocycles. The Labute approximate surface area is 103 Å². The molecule has 1 aromatic rings. The lowest BCUT2D eigenvalue weighted by atomic mass is 9.93. The number of nitrogens with two attached hydrogens (primary N) is 1. The van der Waals surface area contributed by atoms with Gasteiger partial charge in [-0.2, -0.15) is 0 Å². The molecule has 0 unspecified atom stereocenters. The fraction of sp³-hybridized carbons (Fsp3) is 0.417. The van der Waals surface area contributed by atoms with Gasteiger partial charge in [0.25, 0.3) is 0 Å². The van der Waals surface area contributed by atoms with E-state index in [9.17, 15) is 4.79 Å². The summed E-state index contributed by atoms with van der Waals surface area (Å²) < 4.78 is 5.76. The summed E-state index contributed by atoms with van der Waals surface area (Å²) in [5, 5.41) is 0. The maximum absolute atomic E-state index is 11.6. The molecule has 2 atom stereocenters. The van der Waals surface area contributed by atoms with Gasteiger partial charge in [-0.15, -0.1) is 0 Å². The van der Waals surface area contributed by atoms with Crippen molar-refractivity contribution in [1.29, 1.82) is 0 Å². The van der Waals surface area contributed by atoms with Crippen molar-refractivity contribution < 1.29 is 9.53 Å². The molecule has 0 aromatic heterocycles. The number of carbonyl (C=O) groups excluding carboxylic acids is 1. The van der Waals surface area contributed by atoms with Crippen molar-refractivity contribution in [3.8, 4) is 0 Å². The van der Waals surface area contributed by atoms with Crippen LogP contribution in [0.25, 0.3) is 0 Å². The van der Waals surface area contributed by atoms with E-state index >= 15 is 0 Å². The fourth-order valence-electron chi connectivity index (χ4n) is 2.17. The molecule has 0 heterocycles. The minimum absolute atomic E-state index is 0.305. The van der Waals surface area contributed by atoms with Gasteiger partial charge in [-0.25, -0.2) is 0 Å². The van der Waals surface area contributed by atoms with E-state index in [1.807, 2.05) is 31.2 Å². The van der Waals surface area contributed by atoms with E-state index in [0.29, 0.717) is 6.42 Å². The summed E-state index contributed by atoms with van der Waals surface area (Å²) in [6.45, 7) is 1.99. The van der Waals surface area contributed by atoms with E-state index in [4.69, 9.17) is 10.5 Å². The van der Waals surface area contributed by atoms with Crippen LogP contribution < -0.4 is 5.73 Å². The quantitative estimate of drug-likeness (QED) is 0.845. The highest BCUT2D eigenvalue weighted by Gasteiger charge is 2.68. The van der Waals surface area contributed by atoms with Crippen LogP contribution >= 0.6 is 15.9 Å². The maximum Gasteiger partial charge on any atom is 0.326 e. The highest BCUT2D eigenvalue weighted by atomic mass is 79.9. The van der Waals surface area contributed by atoms with Gasteiger partial charge in [0.2, 0.25) is 0 Å². The standard InChI is InChI=1S/C12H14BrNO2/c1-11(7-12(11,14)10(15)16-2)8-3-5-9(13)6-4-8/h3-6H,7,14H2,1-2H3/t11-,12+/m1/s1. The zero-order valence-electron chi connectivity index (χ0n) is 9.29. The van der Waals surface area contributed by atoms with Gasteiger partial charge in [0.05, 0.1) is 7.11 Å². The molecule has 1 saturated carbocycles. The first-order valence-corrected chi connectivity index (χ1v) is 5.87. The highest BCUT2D eigenvalue weighted by Crippen LogP contribution is 2.56. The molecule has 1 aliphatic carbocycles. The van der Waals surface area contributed by atoms with Crippen molar-refractivity contribution in [2.75, 3.05) is 7.11 Å². The van der Waals surface area contributed by atoms with Crippen molar-refractivity contribution in [1.82, 2.24) is 0 Å². The van der Waals surface area contributed by atoms with Crippen LogP contribution in [-0.4, -0.2) is 18.6 Å². The average Bonchev–Trinajstić information content (AvgIpc) is 2.84. The number of esters is 1. The largest absolute Gasteiger partial charge is 0.468 e. The van der Waals surface area contributed by atoms with Gasteiger partial charge in [0, 0.05) is 9.89 Å². The second-order valence-electron chi connectivity index (χ2n) is 4.48. The first-order valence-electron chi connectivity index (χ1n) is 5.07. The predicted octanol–water partition coefficient (Wildman–Crippen LogP) is 1.98. The lowest BCUT2D eigenvalue weighted by Gasteiger charge is -2.17. The molecule has 0 saturated heterocycles. The van der Waals surface area contributed by atoms with E-state index < -0.39 is 5.54 Å². The van der Waals surface area contributed by atoms with E-state index in [1.165, 1.54) is 7.11 Å². The number of halogens is 1. The van der Waals surface area contributed by atoms with E-state index in [-0.39, 0.29) is 11.4 Å². The molecule has 86 valence electrons. The Morgan fingerprint density at radius 1 is 1.44 bits per heavy atom. The minimum Gasteiger partial charge on any atom is -0.468 e. The summed E-state index contributed by atoms with van der Waals surface area (Å²) in [5.41, 5.74) is 5.97. The van der Waals surface area contributed by atoms with Gasteiger partial charge in [0.15, 0.2) is 0 Å². The molecule has 0 radical (unpaired) electrons. The van der Waals surface area contributed by atoms with Crippen LogP contribution in [-0.2, 0) is 14.9 Å². The summed E-state index contributed by atoms with van der Waals surface area (Å²) in [7, 11) is 1.37. The monoisotopic (exact) mass is 283 g/mol. The van der Waals surface area contributed by atoms with Crippen LogP contribution in [0.15, 0.2) is 28.7 Å². The Morgan fingerprint density at radius 3 is 2.50 bits per heavy atom. The first-order chi connectivity index (χ1) is 7.44. The van der Waals surface area contributed by atoms with Gasteiger partial charge in [-0.05, 0) is 24.1 Å². The molecule has 1 fully saturated rings. The van der Waals surface area contributed by atoms with Gasteiger partial charge in [-0.3, -0.25) is 4.79 Å². The van der Waals surface area contributed by atoms with E-state index in [2.05, 4.69) is 15.9 Å². The molecule has 0 bridgehead atoms. The molecule has 0 spiro atoms. The number of methoxy groups -OCH3 is 1. The van der Waals surface area contributed by atoms with Crippen LogP contribution in [0.2, 0.25) is 0 Å². The van der Waals surface area contributed by atoms with Crippen molar-refractivity contribution in [2.45, 2.75) is 24.3 Å². The predicted molar refractivity (Wildman–Crippen MR) is 65.0 cm³/mol. The Morgan fingerprint density at radius 2 is 2.00 bits per heavy atom. The lowest BCUT2D eigenvalue weighted by molar-refractivity contribution is -0.143. The normalized spacial score (nSPS) is 32.2. The lowest BCUT2D eigenvalue weighted by Crippen LogP contribution is -2.41. The third-order valence-electron chi connectivity index (χ3n) is 3.52. The summed E-state index contributed by atoms with van der Waals surface area (Å²) in [6, 6.07) is 7.89. The molecule has 16 heavy (non-hydrogen) atoms. The van der Waals surface area contributed by atoms with Gasteiger partial charge in [-0.1, -0.05) is 35.0 Å². The summed E-state index contributed by atoms with van der Waals surface area (Å²) >= 11 is 3.38. The second kappa shape index (κ2) is 3.57. The van der Waals surface area contributed by atoms with Gasteiger partial charge < -0.3 is 10.5 Å². The highest BCUT2D eigenvalue weighted by molar-refractivity contribution is 9.10. The van der Waals surface area contributed by atoms with Gasteiger partial charge >= 0.3 is 5.97 Å². The Bertz CT molecular complexity index is 431. The molecule has 2 rings (SSSR count). The molecular formula is C12H14BrNO2. The number of ether oxygens (including phenoxy) is 1. The SMILES string of the molecule is COC(=O)[C@@]1(N)C[C@]1(C)c1ccc(Br)cc1. The smallest absolute Gasteiger partial charge is 0.326 e. The number of carbonyl (C=O) groups is 1. The number of rotatable bonds is 2. The van der Waals surface area contributed by atoms with Crippen molar-refractivity contribution in [2.24, 2.45) is 5.73 Å². The minimum atomic E-state index is -0.865. The van der Waals surface area contributed by atoms with Crippen LogP contribution in [0.5, 0.6) is 0 Å². The molecule has 4 heteroatoms. The molecular weight excluding hydrogens is 270 g/mol. The Balaban J connectivity index is 2.30. The van der Waals surface area contributed by atoms with E-state index in [0.717, 1.165) is 10.0 Å². The first kappa shape index (κ1) is 11.6. The van der Waals surface area contributed by atoms with Crippen LogP contribution in [0, 0.1) is 0 Å². The van der Waals surface area contributed by atoms with Crippen LogP contribution in [0.4, 0.5) is 0 Å². The summed E-state index contributed by atoms with van der Waals surface area (Å²) in [4.78, 5) is 11.6. The number of benzene rings is 1. The third-order valence-corrected chi connectivity index (χ3v) is 4.05. The molecule has 1 aromatic carbocycles. The van der Waals surface area contributed by atoms with E-state index in [1.54, 1.807) is 0 Å². The van der Waals surface area contributed by atoms with Crippen molar-refractivity contribution in [3.05, 3.63) is 34.3 Å². The molecule has 1 aliphatic rings. The number of hydrogen-bond donors (Lipinski definition) is 1. The Kier molecular flexibility index (Phi) is 2.59.